The minimum Gasteiger partial charge on any atom is -0.363 e. The van der Waals surface area contributed by atoms with Crippen molar-refractivity contribution in [2.24, 2.45) is 5.73 Å². The highest BCUT2D eigenvalue weighted by Crippen LogP contribution is 2.28. The summed E-state index contributed by atoms with van der Waals surface area (Å²) in [6.07, 6.45) is 0.519. The van der Waals surface area contributed by atoms with Crippen molar-refractivity contribution in [1.29, 1.82) is 0 Å². The zero-order chi connectivity index (χ0) is 15.1. The average Bonchev–Trinajstić information content (AvgIpc) is 3.03. The Kier molecular flexibility index (Phi) is 2.96. The van der Waals surface area contributed by atoms with Crippen LogP contribution in [0.5, 0.6) is 0 Å². The Morgan fingerprint density at radius 1 is 1.52 bits per heavy atom. The summed E-state index contributed by atoms with van der Waals surface area (Å²) < 4.78 is 1.79. The molecule has 0 aliphatic carbocycles. The number of primary amides is 1. The van der Waals surface area contributed by atoms with Gasteiger partial charge in [0, 0.05) is 19.7 Å². The summed E-state index contributed by atoms with van der Waals surface area (Å²) in [5, 5.41) is 10.7. The summed E-state index contributed by atoms with van der Waals surface area (Å²) in [4.78, 5) is 29.2. The minimum atomic E-state index is -0.726. The molecule has 3 rings (SSSR count). The maximum absolute atomic E-state index is 12.6. The molecule has 9 nitrogen and oxygen atoms in total. The fourth-order valence-corrected chi connectivity index (χ4v) is 2.48. The second kappa shape index (κ2) is 4.69. The zero-order valence-electron chi connectivity index (χ0n) is 11.7. The number of fused-ring (bicyclic) bond motifs is 1. The molecule has 1 unspecified atom stereocenters. The number of H-pyrrole nitrogens is 1. The van der Waals surface area contributed by atoms with E-state index < -0.39 is 11.8 Å². The van der Waals surface area contributed by atoms with Crippen LogP contribution in [0.15, 0.2) is 6.07 Å². The van der Waals surface area contributed by atoms with Crippen molar-refractivity contribution < 1.29 is 9.59 Å². The third kappa shape index (κ3) is 2.16. The molecule has 3 heterocycles. The van der Waals surface area contributed by atoms with Gasteiger partial charge >= 0.3 is 0 Å². The number of carbonyl (C=O) groups is 2. The fourth-order valence-electron chi connectivity index (χ4n) is 2.48. The molecule has 1 atom stereocenters. The number of carbonyl (C=O) groups excluding carboxylic acids is 2. The molecule has 2 aromatic rings. The number of nitrogens with two attached hydrogens (primary N) is 1. The highest BCUT2D eigenvalue weighted by molar-refractivity contribution is 5.97. The molecular weight excluding hydrogens is 274 g/mol. The molecule has 1 aliphatic rings. The molecule has 0 bridgehead atoms. The first kappa shape index (κ1) is 13.3. The van der Waals surface area contributed by atoms with Gasteiger partial charge in [-0.1, -0.05) is 0 Å². The SMILES string of the molecule is Cc1cc2n(n1)CCC(c1nc(C(N)=O)n[nH]1)C(=O)N2C. The lowest BCUT2D eigenvalue weighted by atomic mass is 10.0. The first-order valence-corrected chi connectivity index (χ1v) is 6.51. The van der Waals surface area contributed by atoms with Crippen molar-refractivity contribution in [3.8, 4) is 0 Å². The van der Waals surface area contributed by atoms with Gasteiger partial charge in [0.05, 0.1) is 11.6 Å². The summed E-state index contributed by atoms with van der Waals surface area (Å²) in [6, 6.07) is 1.86. The maximum atomic E-state index is 12.6. The van der Waals surface area contributed by atoms with E-state index in [-0.39, 0.29) is 11.7 Å². The maximum Gasteiger partial charge on any atom is 0.288 e. The fraction of sp³-hybridized carbons (Fsp3) is 0.417. The van der Waals surface area contributed by atoms with Gasteiger partial charge in [0.15, 0.2) is 0 Å². The van der Waals surface area contributed by atoms with Gasteiger partial charge < -0.3 is 5.73 Å². The summed E-state index contributed by atoms with van der Waals surface area (Å²) in [5.41, 5.74) is 5.99. The first-order valence-electron chi connectivity index (χ1n) is 6.51. The lowest BCUT2D eigenvalue weighted by molar-refractivity contribution is -0.119. The van der Waals surface area contributed by atoms with Crippen LogP contribution in [0.1, 0.15) is 34.5 Å². The van der Waals surface area contributed by atoms with E-state index in [0.29, 0.717) is 18.8 Å². The molecule has 0 saturated heterocycles. The number of anilines is 1. The van der Waals surface area contributed by atoms with Gasteiger partial charge in [-0.05, 0) is 13.3 Å². The number of aromatic amines is 1. The number of rotatable bonds is 2. The van der Waals surface area contributed by atoms with Gasteiger partial charge in [0.25, 0.3) is 5.91 Å². The van der Waals surface area contributed by atoms with Gasteiger partial charge in [-0.15, -0.1) is 5.10 Å². The summed E-state index contributed by atoms with van der Waals surface area (Å²) in [6.45, 7) is 2.46. The third-order valence-corrected chi connectivity index (χ3v) is 3.54. The molecule has 3 N–H and O–H groups in total. The molecule has 0 saturated carbocycles. The van der Waals surface area contributed by atoms with Crippen LogP contribution in [-0.2, 0) is 11.3 Å². The predicted octanol–water partition coefficient (Wildman–Crippen LogP) is -0.441. The molecule has 0 spiro atoms. The number of hydrogen-bond acceptors (Lipinski definition) is 5. The van der Waals surface area contributed by atoms with E-state index in [9.17, 15) is 9.59 Å². The van der Waals surface area contributed by atoms with Crippen LogP contribution in [0, 0.1) is 6.92 Å². The van der Waals surface area contributed by atoms with Crippen LogP contribution in [-0.4, -0.2) is 43.8 Å². The van der Waals surface area contributed by atoms with Gasteiger partial charge in [0.1, 0.15) is 11.6 Å². The van der Waals surface area contributed by atoms with Gasteiger partial charge in [-0.25, -0.2) is 9.67 Å². The Bertz CT molecular complexity index is 717. The monoisotopic (exact) mass is 289 g/mol. The molecule has 21 heavy (non-hydrogen) atoms. The second-order valence-corrected chi connectivity index (χ2v) is 5.01. The van der Waals surface area contributed by atoms with Crippen LogP contribution in [0.2, 0.25) is 0 Å². The number of likely N-dealkylation sites (N-methyl/N-ethyl adjacent to an activating group) is 1. The first-order chi connectivity index (χ1) is 9.97. The number of amides is 2. The summed E-state index contributed by atoms with van der Waals surface area (Å²) in [7, 11) is 1.69. The van der Waals surface area contributed by atoms with Crippen molar-refractivity contribution >= 4 is 17.6 Å². The standard InChI is InChI=1S/C12H15N7O2/c1-6-5-8-18(2)12(21)7(3-4-19(8)17-6)10-14-11(9(13)20)16-15-10/h5,7H,3-4H2,1-2H3,(H2,13,20)(H,14,15,16). The van der Waals surface area contributed by atoms with E-state index >= 15 is 0 Å². The lowest BCUT2D eigenvalue weighted by Crippen LogP contribution is -2.31. The number of aryl methyl sites for hydroxylation is 2. The molecule has 9 heteroatoms. The number of nitrogens with one attached hydrogen (secondary N) is 1. The second-order valence-electron chi connectivity index (χ2n) is 5.01. The molecule has 1 aliphatic heterocycles. The summed E-state index contributed by atoms with van der Waals surface area (Å²) in [5.74, 6) is -0.370. The number of aromatic nitrogens is 5. The Morgan fingerprint density at radius 2 is 2.29 bits per heavy atom. The summed E-state index contributed by atoms with van der Waals surface area (Å²) >= 11 is 0. The Morgan fingerprint density at radius 3 is 2.95 bits per heavy atom. The van der Waals surface area contributed by atoms with Crippen LogP contribution < -0.4 is 10.6 Å². The molecule has 0 fully saturated rings. The van der Waals surface area contributed by atoms with Crippen LogP contribution in [0.25, 0.3) is 0 Å². The molecule has 2 aromatic heterocycles. The topological polar surface area (TPSA) is 123 Å². The average molecular weight is 289 g/mol. The van der Waals surface area contributed by atoms with Crippen LogP contribution >= 0.6 is 0 Å². The molecule has 0 aromatic carbocycles. The van der Waals surface area contributed by atoms with Crippen molar-refractivity contribution in [2.45, 2.75) is 25.8 Å². The van der Waals surface area contributed by atoms with Crippen LogP contribution in [0.4, 0.5) is 5.82 Å². The number of nitrogens with zero attached hydrogens (tertiary/aromatic N) is 5. The lowest BCUT2D eigenvalue weighted by Gasteiger charge is -2.17. The van der Waals surface area contributed by atoms with E-state index in [2.05, 4.69) is 20.3 Å². The van der Waals surface area contributed by atoms with Gasteiger partial charge in [0.2, 0.25) is 11.7 Å². The highest BCUT2D eigenvalue weighted by Gasteiger charge is 2.32. The van der Waals surface area contributed by atoms with E-state index in [4.69, 9.17) is 5.73 Å². The smallest absolute Gasteiger partial charge is 0.288 e. The highest BCUT2D eigenvalue weighted by atomic mass is 16.2. The van der Waals surface area contributed by atoms with E-state index in [1.807, 2.05) is 13.0 Å². The van der Waals surface area contributed by atoms with Gasteiger partial charge in [-0.2, -0.15) is 5.10 Å². The number of hydrogen-bond donors (Lipinski definition) is 2. The minimum absolute atomic E-state index is 0.113. The molecule has 110 valence electrons. The molecular formula is C12H15N7O2. The zero-order valence-corrected chi connectivity index (χ0v) is 11.7. The molecule has 0 radical (unpaired) electrons. The Labute approximate surface area is 120 Å². The third-order valence-electron chi connectivity index (χ3n) is 3.54. The van der Waals surface area contributed by atoms with Gasteiger partial charge in [-0.3, -0.25) is 19.6 Å². The quantitative estimate of drug-likeness (QED) is 0.775. The normalized spacial score (nSPS) is 18.5. The van der Waals surface area contributed by atoms with Crippen molar-refractivity contribution in [1.82, 2.24) is 25.0 Å². The van der Waals surface area contributed by atoms with Crippen molar-refractivity contribution in [3.63, 3.8) is 0 Å². The van der Waals surface area contributed by atoms with E-state index in [1.54, 1.807) is 16.6 Å². The van der Waals surface area contributed by atoms with E-state index in [0.717, 1.165) is 11.5 Å². The Hall–Kier alpha value is -2.71. The Balaban J connectivity index is 1.93. The van der Waals surface area contributed by atoms with E-state index in [1.165, 1.54) is 0 Å². The molecule has 2 amide bonds. The van der Waals surface area contributed by atoms with Crippen molar-refractivity contribution in [3.05, 3.63) is 23.4 Å². The van der Waals surface area contributed by atoms with Crippen molar-refractivity contribution in [2.75, 3.05) is 11.9 Å². The largest absolute Gasteiger partial charge is 0.363 e. The predicted molar refractivity (Wildman–Crippen MR) is 72.6 cm³/mol. The van der Waals surface area contributed by atoms with Crippen LogP contribution in [0.3, 0.4) is 0 Å².